The van der Waals surface area contributed by atoms with E-state index in [1.54, 1.807) is 16.2 Å². The lowest BCUT2D eigenvalue weighted by Crippen LogP contribution is -2.42. The van der Waals surface area contributed by atoms with Crippen LogP contribution in [0.2, 0.25) is 0 Å². The van der Waals surface area contributed by atoms with Gasteiger partial charge in [-0.15, -0.1) is 11.3 Å². The zero-order valence-electron chi connectivity index (χ0n) is 14.8. The van der Waals surface area contributed by atoms with Gasteiger partial charge in [-0.2, -0.15) is 0 Å². The van der Waals surface area contributed by atoms with Gasteiger partial charge in [-0.05, 0) is 25.9 Å². The number of amides is 2. The molecule has 0 radical (unpaired) electrons. The van der Waals surface area contributed by atoms with Crippen LogP contribution >= 0.6 is 11.3 Å². The normalized spacial score (nSPS) is 15.1. The molecule has 134 valence electrons. The molecule has 1 aromatic heterocycles. The van der Waals surface area contributed by atoms with E-state index >= 15 is 0 Å². The van der Waals surface area contributed by atoms with Crippen molar-refractivity contribution in [1.82, 2.24) is 20.1 Å². The first-order valence-corrected chi connectivity index (χ1v) is 9.81. The first kappa shape index (κ1) is 17.9. The van der Waals surface area contributed by atoms with Gasteiger partial charge in [0.25, 0.3) is 0 Å². The van der Waals surface area contributed by atoms with Crippen molar-refractivity contribution in [2.24, 2.45) is 0 Å². The summed E-state index contributed by atoms with van der Waals surface area (Å²) in [4.78, 5) is 21.0. The summed E-state index contributed by atoms with van der Waals surface area (Å²) >= 11 is 1.62. The van der Waals surface area contributed by atoms with Crippen molar-refractivity contribution in [3.63, 3.8) is 0 Å². The number of carbonyl (C=O) groups is 1. The zero-order chi connectivity index (χ0) is 17.5. The minimum atomic E-state index is -0.0359. The SMILES string of the molecule is CN(Cc1csc(-c2ccccc2)n1)C(=O)NCCN1CCCCC1. The fourth-order valence-electron chi connectivity index (χ4n) is 3.05. The molecule has 1 saturated heterocycles. The molecule has 5 nitrogen and oxygen atoms in total. The van der Waals surface area contributed by atoms with Crippen LogP contribution in [0.25, 0.3) is 10.6 Å². The molecule has 1 aliphatic heterocycles. The molecule has 1 aromatic carbocycles. The molecule has 1 aliphatic rings. The topological polar surface area (TPSA) is 48.5 Å². The van der Waals surface area contributed by atoms with E-state index in [0.717, 1.165) is 35.9 Å². The number of thiazole rings is 1. The second kappa shape index (κ2) is 8.97. The summed E-state index contributed by atoms with van der Waals surface area (Å²) in [6.07, 6.45) is 3.90. The van der Waals surface area contributed by atoms with Crippen LogP contribution in [-0.4, -0.2) is 54.0 Å². The zero-order valence-corrected chi connectivity index (χ0v) is 15.6. The van der Waals surface area contributed by atoms with Crippen LogP contribution in [-0.2, 0) is 6.54 Å². The van der Waals surface area contributed by atoms with Crippen LogP contribution < -0.4 is 5.32 Å². The number of hydrogen-bond acceptors (Lipinski definition) is 4. The minimum absolute atomic E-state index is 0.0359. The van der Waals surface area contributed by atoms with Gasteiger partial charge in [-0.1, -0.05) is 36.8 Å². The number of benzene rings is 1. The Labute approximate surface area is 153 Å². The molecule has 0 bridgehead atoms. The van der Waals surface area contributed by atoms with Gasteiger partial charge in [0.15, 0.2) is 0 Å². The van der Waals surface area contributed by atoms with Crippen molar-refractivity contribution in [1.29, 1.82) is 0 Å². The predicted molar refractivity (Wildman–Crippen MR) is 103 cm³/mol. The monoisotopic (exact) mass is 358 g/mol. The highest BCUT2D eigenvalue weighted by Gasteiger charge is 2.13. The Morgan fingerprint density at radius 2 is 2.00 bits per heavy atom. The number of carbonyl (C=O) groups excluding carboxylic acids is 1. The van der Waals surface area contributed by atoms with E-state index in [1.165, 1.54) is 19.3 Å². The molecule has 1 fully saturated rings. The van der Waals surface area contributed by atoms with E-state index in [1.807, 2.05) is 30.6 Å². The molecule has 3 rings (SSSR count). The van der Waals surface area contributed by atoms with Gasteiger partial charge in [-0.25, -0.2) is 9.78 Å². The quantitative estimate of drug-likeness (QED) is 0.860. The predicted octanol–water partition coefficient (Wildman–Crippen LogP) is 3.44. The smallest absolute Gasteiger partial charge is 0.317 e. The first-order chi connectivity index (χ1) is 12.2. The summed E-state index contributed by atoms with van der Waals surface area (Å²) < 4.78 is 0. The van der Waals surface area contributed by atoms with E-state index < -0.39 is 0 Å². The number of rotatable bonds is 6. The highest BCUT2D eigenvalue weighted by molar-refractivity contribution is 7.13. The second-order valence-corrected chi connectivity index (χ2v) is 7.36. The van der Waals surface area contributed by atoms with Crippen molar-refractivity contribution in [3.8, 4) is 10.6 Å². The third-order valence-corrected chi connectivity index (χ3v) is 5.41. The third-order valence-electron chi connectivity index (χ3n) is 4.47. The number of aromatic nitrogens is 1. The first-order valence-electron chi connectivity index (χ1n) is 8.93. The van der Waals surface area contributed by atoms with Gasteiger partial charge in [-0.3, -0.25) is 0 Å². The Bertz CT molecular complexity index is 667. The molecule has 2 heterocycles. The number of likely N-dealkylation sites (tertiary alicyclic amines) is 1. The van der Waals surface area contributed by atoms with Crippen molar-refractivity contribution in [3.05, 3.63) is 41.4 Å². The number of nitrogens with zero attached hydrogens (tertiary/aromatic N) is 3. The lowest BCUT2D eigenvalue weighted by Gasteiger charge is -2.26. The lowest BCUT2D eigenvalue weighted by molar-refractivity contribution is 0.198. The average Bonchev–Trinajstić information content (AvgIpc) is 3.12. The van der Waals surface area contributed by atoms with Gasteiger partial charge in [0.05, 0.1) is 12.2 Å². The van der Waals surface area contributed by atoms with Crippen LogP contribution in [0, 0.1) is 0 Å². The van der Waals surface area contributed by atoms with Gasteiger partial charge in [0, 0.05) is 31.1 Å². The van der Waals surface area contributed by atoms with Crippen LogP contribution in [0.15, 0.2) is 35.7 Å². The van der Waals surface area contributed by atoms with Crippen molar-refractivity contribution in [2.45, 2.75) is 25.8 Å². The maximum atomic E-state index is 12.2. The number of nitrogens with one attached hydrogen (secondary N) is 1. The fraction of sp³-hybridized carbons (Fsp3) is 0.474. The summed E-state index contributed by atoms with van der Waals surface area (Å²) in [6.45, 7) is 4.49. The van der Waals surface area contributed by atoms with Crippen molar-refractivity contribution >= 4 is 17.4 Å². The van der Waals surface area contributed by atoms with Crippen LogP contribution in [0.4, 0.5) is 4.79 Å². The molecular weight excluding hydrogens is 332 g/mol. The molecule has 0 aliphatic carbocycles. The second-order valence-electron chi connectivity index (χ2n) is 6.50. The van der Waals surface area contributed by atoms with Crippen LogP contribution in [0.5, 0.6) is 0 Å². The van der Waals surface area contributed by atoms with Gasteiger partial charge in [0.1, 0.15) is 5.01 Å². The summed E-state index contributed by atoms with van der Waals surface area (Å²) in [5.41, 5.74) is 2.05. The molecule has 2 amide bonds. The maximum absolute atomic E-state index is 12.2. The molecule has 25 heavy (non-hydrogen) atoms. The third kappa shape index (κ3) is 5.28. The molecule has 2 aromatic rings. The molecule has 0 atom stereocenters. The van der Waals surface area contributed by atoms with Crippen LogP contribution in [0.3, 0.4) is 0 Å². The minimum Gasteiger partial charge on any atom is -0.337 e. The standard InChI is InChI=1S/C19H26N4OS/c1-22(19(24)20-10-13-23-11-6-3-7-12-23)14-17-15-25-18(21-17)16-8-4-2-5-9-16/h2,4-5,8-9,15H,3,6-7,10-14H2,1H3,(H,20,24). The number of urea groups is 1. The Balaban J connectivity index is 1.44. The van der Waals surface area contributed by atoms with Crippen molar-refractivity contribution in [2.75, 3.05) is 33.2 Å². The summed E-state index contributed by atoms with van der Waals surface area (Å²) in [5, 5.41) is 6.03. The molecule has 6 heteroatoms. The lowest BCUT2D eigenvalue weighted by atomic mass is 10.1. The number of hydrogen-bond donors (Lipinski definition) is 1. The number of piperidine rings is 1. The summed E-state index contributed by atoms with van der Waals surface area (Å²) in [6, 6.07) is 10.1. The molecule has 0 spiro atoms. The largest absolute Gasteiger partial charge is 0.337 e. The van der Waals surface area contributed by atoms with Gasteiger partial charge >= 0.3 is 6.03 Å². The molecular formula is C19H26N4OS. The van der Waals surface area contributed by atoms with E-state index in [9.17, 15) is 4.79 Å². The van der Waals surface area contributed by atoms with E-state index in [4.69, 9.17) is 0 Å². The molecule has 1 N–H and O–H groups in total. The van der Waals surface area contributed by atoms with Gasteiger partial charge in [0.2, 0.25) is 0 Å². The molecule has 0 saturated carbocycles. The van der Waals surface area contributed by atoms with Crippen LogP contribution in [0.1, 0.15) is 25.0 Å². The fourth-order valence-corrected chi connectivity index (χ4v) is 3.86. The Kier molecular flexibility index (Phi) is 6.42. The van der Waals surface area contributed by atoms with E-state index in [2.05, 4.69) is 27.3 Å². The highest BCUT2D eigenvalue weighted by Crippen LogP contribution is 2.23. The summed E-state index contributed by atoms with van der Waals surface area (Å²) in [7, 11) is 1.82. The average molecular weight is 359 g/mol. The highest BCUT2D eigenvalue weighted by atomic mass is 32.1. The maximum Gasteiger partial charge on any atom is 0.317 e. The molecule has 0 unspecified atom stereocenters. The van der Waals surface area contributed by atoms with Gasteiger partial charge < -0.3 is 15.1 Å². The summed E-state index contributed by atoms with van der Waals surface area (Å²) in [5.74, 6) is 0. The van der Waals surface area contributed by atoms with Crippen molar-refractivity contribution < 1.29 is 4.79 Å². The van der Waals surface area contributed by atoms with E-state index in [0.29, 0.717) is 13.1 Å². The Morgan fingerprint density at radius 1 is 1.24 bits per heavy atom. The Morgan fingerprint density at radius 3 is 2.76 bits per heavy atom. The Hall–Kier alpha value is -1.92. The van der Waals surface area contributed by atoms with E-state index in [-0.39, 0.29) is 6.03 Å².